The zero-order chi connectivity index (χ0) is 12.3. The molecule has 0 bridgehead atoms. The Kier molecular flexibility index (Phi) is 3.64. The van der Waals surface area contributed by atoms with Gasteiger partial charge in [-0.15, -0.1) is 0 Å². The van der Waals surface area contributed by atoms with Gasteiger partial charge in [0.25, 0.3) is 0 Å². The summed E-state index contributed by atoms with van der Waals surface area (Å²) >= 11 is 0. The predicted octanol–water partition coefficient (Wildman–Crippen LogP) is 1.62. The summed E-state index contributed by atoms with van der Waals surface area (Å²) in [5.41, 5.74) is 6.73. The van der Waals surface area contributed by atoms with E-state index >= 15 is 0 Å². The van der Waals surface area contributed by atoms with Gasteiger partial charge in [0.05, 0.1) is 6.61 Å². The second kappa shape index (κ2) is 5.19. The van der Waals surface area contributed by atoms with E-state index in [4.69, 9.17) is 10.5 Å². The Balaban J connectivity index is 1.96. The zero-order valence-electron chi connectivity index (χ0n) is 9.98. The summed E-state index contributed by atoms with van der Waals surface area (Å²) in [6, 6.07) is 7.61. The maximum Gasteiger partial charge on any atom is 0.248 e. The molecule has 1 heterocycles. The van der Waals surface area contributed by atoms with Gasteiger partial charge in [0.15, 0.2) is 0 Å². The molecule has 1 amide bonds. The van der Waals surface area contributed by atoms with Crippen LogP contribution in [0.5, 0.6) is 0 Å². The minimum absolute atomic E-state index is 0.372. The highest BCUT2D eigenvalue weighted by Gasteiger charge is 2.21. The molecule has 1 fully saturated rings. The van der Waals surface area contributed by atoms with Crippen molar-refractivity contribution in [3.05, 3.63) is 29.8 Å². The molecule has 4 nitrogen and oxygen atoms in total. The third-order valence-corrected chi connectivity index (χ3v) is 3.24. The fraction of sp³-hybridized carbons (Fsp3) is 0.462. The first-order valence-corrected chi connectivity index (χ1v) is 5.91. The molecule has 0 saturated carbocycles. The van der Waals surface area contributed by atoms with Crippen molar-refractivity contribution in [3.63, 3.8) is 0 Å². The Morgan fingerprint density at radius 2 is 2.18 bits per heavy atom. The van der Waals surface area contributed by atoms with Crippen molar-refractivity contribution >= 4 is 11.6 Å². The molecule has 0 aliphatic carbocycles. The third kappa shape index (κ3) is 2.97. The van der Waals surface area contributed by atoms with Crippen LogP contribution in [0.2, 0.25) is 0 Å². The number of anilines is 1. The average molecular weight is 234 g/mol. The van der Waals surface area contributed by atoms with Crippen molar-refractivity contribution in [1.82, 2.24) is 0 Å². The summed E-state index contributed by atoms with van der Waals surface area (Å²) in [7, 11) is 0. The van der Waals surface area contributed by atoms with Crippen LogP contribution in [0.15, 0.2) is 24.3 Å². The van der Waals surface area contributed by atoms with Crippen LogP contribution in [-0.2, 0) is 4.74 Å². The summed E-state index contributed by atoms with van der Waals surface area (Å²) in [4.78, 5) is 10.9. The summed E-state index contributed by atoms with van der Waals surface area (Å²) in [6.45, 7) is 3.84. The number of rotatable bonds is 4. The van der Waals surface area contributed by atoms with E-state index in [1.54, 1.807) is 12.1 Å². The first-order valence-electron chi connectivity index (χ1n) is 5.91. The molecule has 2 atom stereocenters. The van der Waals surface area contributed by atoms with Gasteiger partial charge in [0.2, 0.25) is 5.91 Å². The predicted molar refractivity (Wildman–Crippen MR) is 67.0 cm³/mol. The van der Waals surface area contributed by atoms with Crippen LogP contribution < -0.4 is 11.1 Å². The van der Waals surface area contributed by atoms with E-state index in [9.17, 15) is 4.79 Å². The topological polar surface area (TPSA) is 64.3 Å². The summed E-state index contributed by atoms with van der Waals surface area (Å²) in [6.07, 6.45) is 1.10. The molecule has 2 rings (SSSR count). The minimum atomic E-state index is -0.395. The number of nitrogens with one attached hydrogen (secondary N) is 1. The van der Waals surface area contributed by atoms with Gasteiger partial charge in [-0.1, -0.05) is 0 Å². The number of nitrogens with two attached hydrogens (primary N) is 1. The van der Waals surface area contributed by atoms with Gasteiger partial charge >= 0.3 is 0 Å². The smallest absolute Gasteiger partial charge is 0.248 e. The van der Waals surface area contributed by atoms with Crippen LogP contribution in [0.3, 0.4) is 0 Å². The van der Waals surface area contributed by atoms with E-state index in [0.717, 1.165) is 25.3 Å². The van der Waals surface area contributed by atoms with Crippen LogP contribution in [0.4, 0.5) is 5.69 Å². The van der Waals surface area contributed by atoms with E-state index in [0.29, 0.717) is 17.5 Å². The largest absolute Gasteiger partial charge is 0.382 e. The molecule has 3 N–H and O–H groups in total. The SMILES string of the molecule is CC(Nc1ccc(C(N)=O)cc1)C1CCOC1. The van der Waals surface area contributed by atoms with E-state index < -0.39 is 5.91 Å². The van der Waals surface area contributed by atoms with Crippen LogP contribution in [0, 0.1) is 5.92 Å². The first-order chi connectivity index (χ1) is 8.16. The average Bonchev–Trinajstić information content (AvgIpc) is 2.83. The first kappa shape index (κ1) is 11.9. The molecule has 17 heavy (non-hydrogen) atoms. The van der Waals surface area contributed by atoms with Gasteiger partial charge in [0, 0.05) is 29.8 Å². The fourth-order valence-corrected chi connectivity index (χ4v) is 2.06. The maximum absolute atomic E-state index is 10.9. The molecule has 1 aromatic rings. The van der Waals surface area contributed by atoms with E-state index in [2.05, 4.69) is 12.2 Å². The van der Waals surface area contributed by atoms with Crippen LogP contribution >= 0.6 is 0 Å². The Bertz CT molecular complexity index is 383. The van der Waals surface area contributed by atoms with Crippen LogP contribution in [-0.4, -0.2) is 25.2 Å². The molecule has 92 valence electrons. The highest BCUT2D eigenvalue weighted by atomic mass is 16.5. The number of hydrogen-bond acceptors (Lipinski definition) is 3. The van der Waals surface area contributed by atoms with Crippen molar-refractivity contribution in [2.24, 2.45) is 11.7 Å². The number of primary amides is 1. The van der Waals surface area contributed by atoms with Gasteiger partial charge in [-0.25, -0.2) is 0 Å². The third-order valence-electron chi connectivity index (χ3n) is 3.24. The monoisotopic (exact) mass is 234 g/mol. The van der Waals surface area contributed by atoms with E-state index in [1.807, 2.05) is 12.1 Å². The Hall–Kier alpha value is -1.55. The number of benzene rings is 1. The molecule has 0 radical (unpaired) electrons. The Labute approximate surface area is 101 Å². The molecular weight excluding hydrogens is 216 g/mol. The van der Waals surface area contributed by atoms with E-state index in [1.165, 1.54) is 0 Å². The van der Waals surface area contributed by atoms with Crippen molar-refractivity contribution in [2.45, 2.75) is 19.4 Å². The molecular formula is C13H18N2O2. The molecule has 0 spiro atoms. The maximum atomic E-state index is 10.9. The Morgan fingerprint density at radius 1 is 1.47 bits per heavy atom. The number of ether oxygens (including phenoxy) is 1. The number of carbonyl (C=O) groups is 1. The lowest BCUT2D eigenvalue weighted by molar-refractivity contribution is 0.100. The Morgan fingerprint density at radius 3 is 2.71 bits per heavy atom. The van der Waals surface area contributed by atoms with Gasteiger partial charge in [-0.3, -0.25) is 4.79 Å². The second-order valence-corrected chi connectivity index (χ2v) is 4.50. The molecule has 4 heteroatoms. The van der Waals surface area contributed by atoms with Crippen molar-refractivity contribution in [3.8, 4) is 0 Å². The summed E-state index contributed by atoms with van der Waals surface area (Å²) < 4.78 is 5.37. The molecule has 0 aromatic heterocycles. The summed E-state index contributed by atoms with van der Waals surface area (Å²) in [5.74, 6) is 0.166. The van der Waals surface area contributed by atoms with Crippen LogP contribution in [0.25, 0.3) is 0 Å². The van der Waals surface area contributed by atoms with Gasteiger partial charge in [-0.05, 0) is 37.6 Å². The lowest BCUT2D eigenvalue weighted by atomic mass is 10.0. The summed E-state index contributed by atoms with van der Waals surface area (Å²) in [5, 5.41) is 3.42. The molecule has 1 aromatic carbocycles. The molecule has 1 saturated heterocycles. The van der Waals surface area contributed by atoms with Gasteiger partial charge in [-0.2, -0.15) is 0 Å². The highest BCUT2D eigenvalue weighted by Crippen LogP contribution is 2.20. The molecule has 1 aliphatic rings. The number of hydrogen-bond donors (Lipinski definition) is 2. The number of carbonyl (C=O) groups excluding carboxylic acids is 1. The molecule has 1 aliphatic heterocycles. The second-order valence-electron chi connectivity index (χ2n) is 4.50. The normalized spacial score (nSPS) is 21.1. The standard InChI is InChI=1S/C13H18N2O2/c1-9(11-6-7-17-8-11)15-12-4-2-10(3-5-12)13(14)16/h2-5,9,11,15H,6-8H2,1H3,(H2,14,16). The number of amides is 1. The van der Waals surface area contributed by atoms with Crippen molar-refractivity contribution in [2.75, 3.05) is 18.5 Å². The molecule has 2 unspecified atom stereocenters. The fourth-order valence-electron chi connectivity index (χ4n) is 2.06. The van der Waals surface area contributed by atoms with Gasteiger partial charge < -0.3 is 15.8 Å². The lowest BCUT2D eigenvalue weighted by Crippen LogP contribution is -2.26. The zero-order valence-corrected chi connectivity index (χ0v) is 9.98. The van der Waals surface area contributed by atoms with Crippen LogP contribution in [0.1, 0.15) is 23.7 Å². The van der Waals surface area contributed by atoms with E-state index in [-0.39, 0.29) is 0 Å². The van der Waals surface area contributed by atoms with Crippen molar-refractivity contribution < 1.29 is 9.53 Å². The quantitative estimate of drug-likeness (QED) is 0.832. The van der Waals surface area contributed by atoms with Crippen molar-refractivity contribution in [1.29, 1.82) is 0 Å². The highest BCUT2D eigenvalue weighted by molar-refractivity contribution is 5.93. The minimum Gasteiger partial charge on any atom is -0.382 e. The lowest BCUT2D eigenvalue weighted by Gasteiger charge is -2.20. The van der Waals surface area contributed by atoms with Gasteiger partial charge in [0.1, 0.15) is 0 Å².